The van der Waals surface area contributed by atoms with E-state index in [4.69, 9.17) is 15.2 Å². The minimum Gasteiger partial charge on any atom is -0.497 e. The summed E-state index contributed by atoms with van der Waals surface area (Å²) in [5, 5.41) is 13.5. The molecule has 2 aromatic heterocycles. The van der Waals surface area contributed by atoms with Gasteiger partial charge in [-0.25, -0.2) is 4.39 Å². The Hall–Kier alpha value is -4.51. The van der Waals surface area contributed by atoms with Crippen molar-refractivity contribution in [1.82, 2.24) is 4.40 Å². The summed E-state index contributed by atoms with van der Waals surface area (Å²) in [6.07, 6.45) is 1.32. The number of nitrogens with zero attached hydrogens (tertiary/aromatic N) is 2. The van der Waals surface area contributed by atoms with Gasteiger partial charge in [-0.15, -0.1) is 0 Å². The van der Waals surface area contributed by atoms with Crippen LogP contribution < -0.4 is 20.5 Å². The van der Waals surface area contributed by atoms with Gasteiger partial charge in [0.15, 0.2) is 6.61 Å². The van der Waals surface area contributed by atoms with E-state index in [1.807, 2.05) is 32.0 Å². The van der Waals surface area contributed by atoms with Crippen LogP contribution in [0, 0.1) is 31.0 Å². The average molecular weight is 458 g/mol. The molecule has 0 unspecified atom stereocenters. The molecular formula is C26H23FN4O3. The largest absolute Gasteiger partial charge is 0.497 e. The molecule has 172 valence electrons. The third-order valence-electron chi connectivity index (χ3n) is 5.56. The molecule has 1 amide bonds. The van der Waals surface area contributed by atoms with E-state index >= 15 is 0 Å². The first-order chi connectivity index (χ1) is 16.3. The maximum absolute atomic E-state index is 14.3. The van der Waals surface area contributed by atoms with Crippen LogP contribution in [0.2, 0.25) is 0 Å². The number of methoxy groups -OCH3 is 1. The van der Waals surface area contributed by atoms with Gasteiger partial charge < -0.3 is 20.5 Å². The summed E-state index contributed by atoms with van der Waals surface area (Å²) >= 11 is 0. The SMILES string of the molecule is COc1ccc(-c2c(C#N)c3ccc(F)cn3c2Nc2c(C)cccc2C)c(OCC(N)=O)c1. The molecule has 0 saturated carbocycles. The van der Waals surface area contributed by atoms with Gasteiger partial charge in [-0.3, -0.25) is 9.20 Å². The van der Waals surface area contributed by atoms with E-state index in [1.165, 1.54) is 19.4 Å². The number of aryl methyl sites for hydroxylation is 2. The molecule has 0 spiro atoms. The number of amides is 1. The molecule has 0 fully saturated rings. The molecule has 8 heteroatoms. The summed E-state index contributed by atoms with van der Waals surface area (Å²) in [5.74, 6) is 0.184. The van der Waals surface area contributed by atoms with Crippen molar-refractivity contribution in [2.75, 3.05) is 19.0 Å². The number of carbonyl (C=O) groups excluding carboxylic acids is 1. The summed E-state index contributed by atoms with van der Waals surface area (Å²) < 4.78 is 26.9. The normalized spacial score (nSPS) is 10.7. The second-order valence-electron chi connectivity index (χ2n) is 7.82. The zero-order chi connectivity index (χ0) is 24.4. The number of anilines is 2. The number of halogens is 1. The Kier molecular flexibility index (Phi) is 6.11. The predicted octanol–water partition coefficient (Wildman–Crippen LogP) is 4.85. The van der Waals surface area contributed by atoms with Gasteiger partial charge in [0.05, 0.1) is 18.2 Å². The van der Waals surface area contributed by atoms with Crippen LogP contribution >= 0.6 is 0 Å². The van der Waals surface area contributed by atoms with E-state index in [1.54, 1.807) is 28.7 Å². The van der Waals surface area contributed by atoms with E-state index < -0.39 is 11.7 Å². The van der Waals surface area contributed by atoms with Crippen LogP contribution in [0.1, 0.15) is 16.7 Å². The molecule has 34 heavy (non-hydrogen) atoms. The maximum atomic E-state index is 14.3. The van der Waals surface area contributed by atoms with Gasteiger partial charge in [-0.2, -0.15) is 5.26 Å². The Morgan fingerprint density at radius 1 is 1.18 bits per heavy atom. The van der Waals surface area contributed by atoms with Crippen LogP contribution in [0.5, 0.6) is 11.5 Å². The Morgan fingerprint density at radius 3 is 2.56 bits per heavy atom. The molecule has 0 radical (unpaired) electrons. The molecule has 2 aromatic carbocycles. The smallest absolute Gasteiger partial charge is 0.255 e. The summed E-state index contributed by atoms with van der Waals surface area (Å²) in [4.78, 5) is 11.4. The minimum absolute atomic E-state index is 0.301. The lowest BCUT2D eigenvalue weighted by atomic mass is 10.0. The van der Waals surface area contributed by atoms with Crippen LogP contribution in [0.15, 0.2) is 54.7 Å². The van der Waals surface area contributed by atoms with Gasteiger partial charge in [-0.05, 0) is 49.2 Å². The molecule has 0 aliphatic rings. The van der Waals surface area contributed by atoms with E-state index in [0.717, 1.165) is 16.8 Å². The molecule has 4 rings (SSSR count). The fourth-order valence-electron chi connectivity index (χ4n) is 3.96. The number of fused-ring (bicyclic) bond motifs is 1. The lowest BCUT2D eigenvalue weighted by Crippen LogP contribution is -2.20. The van der Waals surface area contributed by atoms with Gasteiger partial charge >= 0.3 is 0 Å². The second kappa shape index (κ2) is 9.16. The van der Waals surface area contributed by atoms with E-state index in [0.29, 0.717) is 39.5 Å². The summed E-state index contributed by atoms with van der Waals surface area (Å²) in [6, 6.07) is 16.1. The van der Waals surface area contributed by atoms with Crippen molar-refractivity contribution < 1.29 is 18.7 Å². The van der Waals surface area contributed by atoms with Crippen molar-refractivity contribution in [3.8, 4) is 28.7 Å². The van der Waals surface area contributed by atoms with Gasteiger partial charge in [0.2, 0.25) is 0 Å². The number of hydrogen-bond acceptors (Lipinski definition) is 5. The molecule has 0 aliphatic heterocycles. The maximum Gasteiger partial charge on any atom is 0.255 e. The Balaban J connectivity index is 2.04. The van der Waals surface area contributed by atoms with Gasteiger partial charge in [0, 0.05) is 29.1 Å². The molecule has 0 atom stereocenters. The highest BCUT2D eigenvalue weighted by Crippen LogP contribution is 2.44. The molecule has 2 heterocycles. The third-order valence-corrected chi connectivity index (χ3v) is 5.56. The van der Waals surface area contributed by atoms with Gasteiger partial charge in [0.25, 0.3) is 5.91 Å². The number of nitriles is 1. The Bertz CT molecular complexity index is 1430. The number of aromatic nitrogens is 1. The third kappa shape index (κ3) is 4.11. The number of carbonyl (C=O) groups is 1. The summed E-state index contributed by atoms with van der Waals surface area (Å²) in [5.41, 5.74) is 9.96. The number of rotatable bonds is 7. The fourth-order valence-corrected chi connectivity index (χ4v) is 3.96. The molecular weight excluding hydrogens is 435 g/mol. The number of nitrogens with two attached hydrogens (primary N) is 1. The predicted molar refractivity (Wildman–Crippen MR) is 128 cm³/mol. The first-order valence-corrected chi connectivity index (χ1v) is 10.5. The van der Waals surface area contributed by atoms with Crippen LogP contribution in [-0.4, -0.2) is 24.0 Å². The second-order valence-corrected chi connectivity index (χ2v) is 7.82. The lowest BCUT2D eigenvalue weighted by Gasteiger charge is -2.17. The fraction of sp³-hybridized carbons (Fsp3) is 0.154. The number of primary amides is 1. The van der Waals surface area contributed by atoms with Crippen molar-refractivity contribution in [3.05, 3.63) is 77.2 Å². The summed E-state index contributed by atoms with van der Waals surface area (Å²) in [7, 11) is 1.51. The highest BCUT2D eigenvalue weighted by Gasteiger charge is 2.24. The highest BCUT2D eigenvalue weighted by atomic mass is 19.1. The first kappa shape index (κ1) is 22.7. The Morgan fingerprint density at radius 2 is 1.91 bits per heavy atom. The van der Waals surface area contributed by atoms with Crippen LogP contribution in [0.3, 0.4) is 0 Å². The standard InChI is InChI=1S/C26H23FN4O3/c1-15-5-4-6-16(2)25(15)30-26-24(20(12-28)21-10-7-17(27)13-31(21)26)19-9-8-18(33-3)11-22(19)34-14-23(29)32/h4-11,13,30H,14H2,1-3H3,(H2,29,32). The monoisotopic (exact) mass is 458 g/mol. The van der Waals surface area contributed by atoms with E-state index in [-0.39, 0.29) is 6.61 Å². The van der Waals surface area contributed by atoms with E-state index in [2.05, 4.69) is 11.4 Å². The first-order valence-electron chi connectivity index (χ1n) is 10.5. The molecule has 0 saturated heterocycles. The number of hydrogen-bond donors (Lipinski definition) is 2. The molecule has 0 aliphatic carbocycles. The quantitative estimate of drug-likeness (QED) is 0.412. The topological polar surface area (TPSA) is 102 Å². The number of para-hydroxylation sites is 1. The highest BCUT2D eigenvalue weighted by molar-refractivity contribution is 5.94. The number of pyridine rings is 1. The number of benzene rings is 2. The number of nitrogens with one attached hydrogen (secondary N) is 1. The van der Waals surface area contributed by atoms with E-state index in [9.17, 15) is 14.4 Å². The van der Waals surface area contributed by atoms with Crippen LogP contribution in [0.25, 0.3) is 16.6 Å². The zero-order valence-corrected chi connectivity index (χ0v) is 19.0. The average Bonchev–Trinajstić information content (AvgIpc) is 3.12. The zero-order valence-electron chi connectivity index (χ0n) is 19.0. The lowest BCUT2D eigenvalue weighted by molar-refractivity contribution is -0.119. The minimum atomic E-state index is -0.646. The van der Waals surface area contributed by atoms with Crippen molar-refractivity contribution >= 4 is 22.9 Å². The summed E-state index contributed by atoms with van der Waals surface area (Å²) in [6.45, 7) is 3.57. The molecule has 7 nitrogen and oxygen atoms in total. The Labute approximate surface area is 196 Å². The van der Waals surface area contributed by atoms with Crippen molar-refractivity contribution in [2.45, 2.75) is 13.8 Å². The van der Waals surface area contributed by atoms with Crippen molar-refractivity contribution in [1.29, 1.82) is 5.26 Å². The van der Waals surface area contributed by atoms with Crippen LogP contribution in [-0.2, 0) is 4.79 Å². The molecule has 0 bridgehead atoms. The van der Waals surface area contributed by atoms with Crippen LogP contribution in [0.4, 0.5) is 15.9 Å². The van der Waals surface area contributed by atoms with Crippen molar-refractivity contribution in [2.24, 2.45) is 5.73 Å². The van der Waals surface area contributed by atoms with Gasteiger partial charge in [0.1, 0.15) is 29.2 Å². The molecule has 4 aromatic rings. The molecule has 3 N–H and O–H groups in total. The number of ether oxygens (including phenoxy) is 2. The van der Waals surface area contributed by atoms with Gasteiger partial charge in [-0.1, -0.05) is 18.2 Å². The van der Waals surface area contributed by atoms with Crippen molar-refractivity contribution in [3.63, 3.8) is 0 Å².